The first-order valence-electron chi connectivity index (χ1n) is 14.1. The van der Waals surface area contributed by atoms with E-state index in [4.69, 9.17) is 4.92 Å². The molecule has 0 saturated carbocycles. The Bertz CT molecular complexity index is 1810. The zero-order valence-corrected chi connectivity index (χ0v) is 29.4. The topological polar surface area (TPSA) is 86.7 Å². The van der Waals surface area contributed by atoms with Crippen molar-refractivity contribution in [2.45, 2.75) is 44.4 Å². The van der Waals surface area contributed by atoms with Gasteiger partial charge in [-0.15, -0.1) is 0 Å². The Morgan fingerprint density at radius 3 is 0.795 bits per heavy atom. The van der Waals surface area contributed by atoms with Crippen LogP contribution in [0, 0.1) is 34.6 Å². The summed E-state index contributed by atoms with van der Waals surface area (Å²) in [5.74, 6) is 0. The first-order chi connectivity index (χ1) is 20.7. The van der Waals surface area contributed by atoms with Crippen LogP contribution < -0.4 is 10.5 Å². The second-order valence-electron chi connectivity index (χ2n) is 11.1. The van der Waals surface area contributed by atoms with Crippen LogP contribution in [0.15, 0.2) is 131 Å². The molecule has 0 heterocycles. The fourth-order valence-corrected chi connectivity index (χ4v) is 28.9. The van der Waals surface area contributed by atoms with Gasteiger partial charge in [-0.05, 0) is 0 Å². The van der Waals surface area contributed by atoms with Crippen molar-refractivity contribution in [2.75, 3.05) is 0 Å². The van der Waals surface area contributed by atoms with E-state index in [0.717, 1.165) is 27.8 Å². The minimum atomic E-state index is -6.69. The van der Waals surface area contributed by atoms with E-state index in [1.807, 2.05) is 71.0 Å². The van der Waals surface area contributed by atoms with Crippen molar-refractivity contribution < 1.29 is 21.8 Å². The van der Waals surface area contributed by atoms with Crippen molar-refractivity contribution in [3.8, 4) is 0 Å². The molecule has 6 nitrogen and oxygen atoms in total. The molecule has 0 aliphatic carbocycles. The molecule has 0 atom stereocenters. The molecule has 5 aromatic carbocycles. The molecule has 5 rings (SSSR count). The van der Waals surface area contributed by atoms with Gasteiger partial charge in [0.05, 0.1) is 0 Å². The van der Waals surface area contributed by atoms with E-state index < -0.39 is 38.5 Å². The fraction of sp³-hybridized carbons (Fsp3) is 0.143. The zero-order valence-electron chi connectivity index (χ0n) is 25.3. The van der Waals surface area contributed by atoms with Crippen LogP contribution in [0.3, 0.4) is 0 Å². The second-order valence-corrected chi connectivity index (χ2v) is 26.6. The van der Waals surface area contributed by atoms with Gasteiger partial charge in [0.1, 0.15) is 0 Å². The Kier molecular flexibility index (Phi) is 8.71. The third kappa shape index (κ3) is 5.90. The molecule has 0 unspecified atom stereocenters. The predicted molar refractivity (Wildman–Crippen MR) is 177 cm³/mol. The summed E-state index contributed by atoms with van der Waals surface area (Å²) in [6, 6.07) is 33.8. The third-order valence-electron chi connectivity index (χ3n) is 7.61. The normalized spacial score (nSPS) is 13.2. The van der Waals surface area contributed by atoms with Gasteiger partial charge in [0, 0.05) is 0 Å². The molecule has 0 amide bonds. The first-order valence-corrected chi connectivity index (χ1v) is 22.8. The summed E-state index contributed by atoms with van der Waals surface area (Å²) in [6.07, 6.45) is 0. The number of hydrogen-bond acceptors (Lipinski definition) is 6. The van der Waals surface area contributed by atoms with Crippen molar-refractivity contribution >= 4 is 49.0 Å². The zero-order chi connectivity index (χ0) is 31.8. The van der Waals surface area contributed by atoms with Gasteiger partial charge in [-0.1, -0.05) is 0 Å². The summed E-state index contributed by atoms with van der Waals surface area (Å²) < 4.78 is 72.4. The van der Waals surface area contributed by atoms with Crippen LogP contribution in [-0.4, -0.2) is 35.1 Å². The van der Waals surface area contributed by atoms with Gasteiger partial charge in [0.25, 0.3) is 0 Å². The van der Waals surface area contributed by atoms with Gasteiger partial charge in [-0.2, -0.15) is 0 Å². The Labute approximate surface area is 262 Å². The van der Waals surface area contributed by atoms with Gasteiger partial charge in [-0.3, -0.25) is 0 Å². The van der Waals surface area contributed by atoms with E-state index in [2.05, 4.69) is 0 Å². The second kappa shape index (κ2) is 11.9. The maximum atomic E-state index is 14.5. The van der Waals surface area contributed by atoms with E-state index in [-0.39, 0.29) is 9.79 Å². The molecule has 0 aliphatic heterocycles. The van der Waals surface area contributed by atoms with Crippen LogP contribution in [0.4, 0.5) is 0 Å². The van der Waals surface area contributed by atoms with Crippen LogP contribution in [0.1, 0.15) is 27.8 Å². The molecule has 0 bridgehead atoms. The van der Waals surface area contributed by atoms with Crippen molar-refractivity contribution in [3.05, 3.63) is 149 Å². The van der Waals surface area contributed by atoms with Gasteiger partial charge in [0.15, 0.2) is 0 Å². The molecular formula is C35H35O6S2Sb. The van der Waals surface area contributed by atoms with Gasteiger partial charge < -0.3 is 0 Å². The summed E-state index contributed by atoms with van der Waals surface area (Å²) in [5, 5.41) is 0. The van der Waals surface area contributed by atoms with Crippen molar-refractivity contribution in [1.29, 1.82) is 0 Å². The predicted octanol–water partition coefficient (Wildman–Crippen LogP) is 5.46. The molecule has 0 saturated heterocycles. The summed E-state index contributed by atoms with van der Waals surface area (Å²) in [6.45, 7) is 9.41. The van der Waals surface area contributed by atoms with Gasteiger partial charge >= 0.3 is 264 Å². The SMILES string of the molecule is Cc1ccc(S(=O)(=O)[O][Sb]([O]S(=O)(=O)c2ccc(C)cc2)([c]2ccc(C)cc2)([c]2ccc(C)cc2)[c]2ccc(C)cc2)cc1. The third-order valence-corrected chi connectivity index (χ3v) is 29.1. The molecule has 9 heteroatoms. The number of rotatable bonds is 9. The Morgan fingerprint density at radius 2 is 0.568 bits per heavy atom. The van der Waals surface area contributed by atoms with Crippen LogP contribution in [0.2, 0.25) is 0 Å². The van der Waals surface area contributed by atoms with E-state index in [0.29, 0.717) is 10.5 Å². The molecule has 0 radical (unpaired) electrons. The Hall–Kier alpha value is -3.26. The van der Waals surface area contributed by atoms with Gasteiger partial charge in [-0.25, -0.2) is 0 Å². The molecule has 0 fully saturated rings. The van der Waals surface area contributed by atoms with Crippen LogP contribution >= 0.6 is 0 Å². The monoisotopic (exact) mass is 736 g/mol. The number of hydrogen-bond donors (Lipinski definition) is 0. The molecule has 0 N–H and O–H groups in total. The van der Waals surface area contributed by atoms with E-state index in [9.17, 15) is 16.8 Å². The standard InChI is InChI=1S/2C7H8O3S.3C7H7.Sb/c2*1-6-2-4-7(5-3-6)11(8,9)10;3*1-7-5-3-2-4-6-7;/h2*2-5H,1H3,(H,8,9,10);3*3-6H,1H3;/q;;;;;+2/p-2. The summed E-state index contributed by atoms with van der Waals surface area (Å²) in [7, 11) is -9.26. The van der Waals surface area contributed by atoms with Crippen LogP contribution in [-0.2, 0) is 25.2 Å². The molecule has 44 heavy (non-hydrogen) atoms. The van der Waals surface area contributed by atoms with Crippen molar-refractivity contribution in [3.63, 3.8) is 0 Å². The molecule has 5 aromatic rings. The van der Waals surface area contributed by atoms with Crippen LogP contribution in [0.25, 0.3) is 0 Å². The van der Waals surface area contributed by atoms with E-state index in [1.165, 1.54) is 24.3 Å². The Balaban J connectivity index is 1.99. The average molecular weight is 738 g/mol. The number of benzene rings is 5. The summed E-state index contributed by atoms with van der Waals surface area (Å²) in [4.78, 5) is -0.215. The van der Waals surface area contributed by atoms with Gasteiger partial charge in [0.2, 0.25) is 0 Å². The summed E-state index contributed by atoms with van der Waals surface area (Å²) >= 11 is -6.69. The molecule has 0 spiro atoms. The average Bonchev–Trinajstić information content (AvgIpc) is 2.98. The first kappa shape index (κ1) is 32.1. The summed E-state index contributed by atoms with van der Waals surface area (Å²) in [5.41, 5.74) is 4.43. The maximum absolute atomic E-state index is 14.5. The molecule has 0 aliphatic rings. The van der Waals surface area contributed by atoms with E-state index >= 15 is 0 Å². The number of aryl methyl sites for hydroxylation is 5. The molecule has 228 valence electrons. The fourth-order valence-electron chi connectivity index (χ4n) is 5.03. The van der Waals surface area contributed by atoms with E-state index in [1.54, 1.807) is 60.7 Å². The van der Waals surface area contributed by atoms with Crippen LogP contribution in [0.5, 0.6) is 0 Å². The Morgan fingerprint density at radius 1 is 0.364 bits per heavy atom. The molecular weight excluding hydrogens is 702 g/mol. The van der Waals surface area contributed by atoms with Crippen molar-refractivity contribution in [2.24, 2.45) is 0 Å². The minimum absolute atomic E-state index is 0.107. The van der Waals surface area contributed by atoms with Crippen molar-refractivity contribution in [1.82, 2.24) is 0 Å². The molecule has 0 aromatic heterocycles. The quantitative estimate of drug-likeness (QED) is 0.187.